The molecular weight excluding hydrogens is 350 g/mol. The van der Waals surface area contributed by atoms with E-state index in [4.69, 9.17) is 10.00 Å². The number of ether oxygens (including phenoxy) is 1. The normalized spacial score (nSPS) is 18.3. The molecule has 1 unspecified atom stereocenters. The number of aliphatic hydroxyl groups excluding tert-OH is 1. The van der Waals surface area contributed by atoms with E-state index in [0.717, 1.165) is 44.2 Å². The lowest BCUT2D eigenvalue weighted by Gasteiger charge is -2.22. The number of pyridine rings is 1. The van der Waals surface area contributed by atoms with E-state index in [1.54, 1.807) is 6.20 Å². The molecule has 1 aliphatic heterocycles. The summed E-state index contributed by atoms with van der Waals surface area (Å²) >= 11 is 1.31. The molecule has 0 aromatic carbocycles. The molecule has 7 nitrogen and oxygen atoms in total. The number of aromatic nitrogens is 2. The number of nitrogens with one attached hydrogen (secondary N) is 1. The third-order valence-electron chi connectivity index (χ3n) is 4.39. The Morgan fingerprint density at radius 2 is 2.38 bits per heavy atom. The van der Waals surface area contributed by atoms with Crippen molar-refractivity contribution in [3.05, 3.63) is 34.5 Å². The van der Waals surface area contributed by atoms with Gasteiger partial charge in [0.1, 0.15) is 16.8 Å². The van der Waals surface area contributed by atoms with Crippen LogP contribution in [0, 0.1) is 24.2 Å². The van der Waals surface area contributed by atoms with Crippen molar-refractivity contribution in [3.8, 4) is 6.07 Å². The molecule has 2 aromatic heterocycles. The predicted molar refractivity (Wildman–Crippen MR) is 101 cm³/mol. The molecular formula is C18H23N5O2S. The zero-order valence-corrected chi connectivity index (χ0v) is 15.6. The van der Waals surface area contributed by atoms with Gasteiger partial charge in [0.25, 0.3) is 0 Å². The zero-order valence-electron chi connectivity index (χ0n) is 14.8. The van der Waals surface area contributed by atoms with Gasteiger partial charge in [-0.05, 0) is 30.9 Å². The van der Waals surface area contributed by atoms with Gasteiger partial charge in [0, 0.05) is 25.3 Å². The van der Waals surface area contributed by atoms with Crippen LogP contribution in [0.25, 0.3) is 0 Å². The van der Waals surface area contributed by atoms with Crippen molar-refractivity contribution < 1.29 is 9.84 Å². The lowest BCUT2D eigenvalue weighted by atomic mass is 9.98. The number of nitriles is 1. The van der Waals surface area contributed by atoms with Crippen molar-refractivity contribution in [1.82, 2.24) is 14.9 Å². The molecule has 1 fully saturated rings. The molecule has 3 heterocycles. The maximum Gasteiger partial charge on any atom is 0.189 e. The lowest BCUT2D eigenvalue weighted by Crippen LogP contribution is -2.33. The summed E-state index contributed by atoms with van der Waals surface area (Å²) in [6.45, 7) is 6.13. The minimum Gasteiger partial charge on any atom is -0.395 e. The Bertz CT molecular complexity index is 773. The summed E-state index contributed by atoms with van der Waals surface area (Å²) in [5.41, 5.74) is 2.18. The largest absolute Gasteiger partial charge is 0.395 e. The number of β-amino-alcohol motifs (C(OH)–C–C–N with tert-alkyl or cyclic N) is 1. The maximum absolute atomic E-state index is 9.18. The van der Waals surface area contributed by atoms with Gasteiger partial charge in [-0.25, -0.2) is 9.97 Å². The molecule has 0 saturated carbocycles. The smallest absolute Gasteiger partial charge is 0.189 e. The second kappa shape index (κ2) is 9.05. The minimum absolute atomic E-state index is 0.179. The molecule has 1 aliphatic rings. The van der Waals surface area contributed by atoms with E-state index in [1.807, 2.05) is 13.0 Å². The van der Waals surface area contributed by atoms with Crippen molar-refractivity contribution in [3.63, 3.8) is 0 Å². The summed E-state index contributed by atoms with van der Waals surface area (Å²) in [4.78, 5) is 11.6. The first kappa shape index (κ1) is 18.7. The third-order valence-corrected chi connectivity index (χ3v) is 5.21. The van der Waals surface area contributed by atoms with Crippen LogP contribution in [-0.4, -0.2) is 59.4 Å². The van der Waals surface area contributed by atoms with Crippen LogP contribution < -0.4 is 5.32 Å². The van der Waals surface area contributed by atoms with Crippen molar-refractivity contribution >= 4 is 22.3 Å². The van der Waals surface area contributed by atoms with Gasteiger partial charge in [-0.1, -0.05) is 17.4 Å². The number of anilines is 2. The Morgan fingerprint density at radius 1 is 1.50 bits per heavy atom. The first-order valence-electron chi connectivity index (χ1n) is 8.68. The summed E-state index contributed by atoms with van der Waals surface area (Å²) < 4.78 is 5.72. The number of aliphatic hydroxyl groups is 1. The second-order valence-corrected chi connectivity index (χ2v) is 7.41. The van der Waals surface area contributed by atoms with Crippen molar-refractivity contribution in [2.45, 2.75) is 13.3 Å². The van der Waals surface area contributed by atoms with E-state index >= 15 is 0 Å². The Kier molecular flexibility index (Phi) is 6.52. The zero-order chi connectivity index (χ0) is 18.4. The summed E-state index contributed by atoms with van der Waals surface area (Å²) in [6, 6.07) is 6.11. The number of rotatable bonds is 6. The van der Waals surface area contributed by atoms with Crippen molar-refractivity contribution in [2.75, 3.05) is 44.8 Å². The lowest BCUT2D eigenvalue weighted by molar-refractivity contribution is 0.121. The summed E-state index contributed by atoms with van der Waals surface area (Å²) in [5.74, 6) is 1.12. The molecule has 0 radical (unpaired) electrons. The van der Waals surface area contributed by atoms with E-state index < -0.39 is 0 Å². The Morgan fingerprint density at radius 3 is 3.12 bits per heavy atom. The summed E-state index contributed by atoms with van der Waals surface area (Å²) in [6.07, 6.45) is 2.45. The number of hydrogen-bond donors (Lipinski definition) is 2. The van der Waals surface area contributed by atoms with Gasteiger partial charge < -0.3 is 15.2 Å². The van der Waals surface area contributed by atoms with Crippen LogP contribution in [0.2, 0.25) is 0 Å². The van der Waals surface area contributed by atoms with E-state index in [9.17, 15) is 5.11 Å². The molecule has 8 heteroatoms. The van der Waals surface area contributed by atoms with Crippen LogP contribution in [0.15, 0.2) is 18.3 Å². The highest BCUT2D eigenvalue weighted by atomic mass is 32.1. The number of hydrogen-bond acceptors (Lipinski definition) is 8. The predicted octanol–water partition coefficient (Wildman–Crippen LogP) is 1.94. The van der Waals surface area contributed by atoms with Crippen molar-refractivity contribution in [1.29, 1.82) is 5.26 Å². The first-order chi connectivity index (χ1) is 12.7. The summed E-state index contributed by atoms with van der Waals surface area (Å²) in [7, 11) is 0. The average Bonchev–Trinajstić information content (AvgIpc) is 2.96. The fourth-order valence-corrected chi connectivity index (χ4v) is 3.72. The number of nitrogens with zero attached hydrogens (tertiary/aromatic N) is 4. The van der Waals surface area contributed by atoms with Gasteiger partial charge in [0.05, 0.1) is 26.0 Å². The van der Waals surface area contributed by atoms with Gasteiger partial charge in [-0.2, -0.15) is 5.26 Å². The van der Waals surface area contributed by atoms with Gasteiger partial charge in [-0.3, -0.25) is 4.90 Å². The number of aryl methyl sites for hydroxylation is 1. The molecule has 0 amide bonds. The molecule has 3 rings (SSSR count). The summed E-state index contributed by atoms with van der Waals surface area (Å²) in [5, 5.41) is 21.9. The standard InChI is InChI=1S/C18H23N5O2S/c1-13-15(8-14-11-23(4-6-24)5-7-25-12-14)2-3-17(21-13)22-18-20-10-16(9-19)26-18/h2-3,10,14,24H,4-8,11-12H2,1H3,(H,20,21,22). The van der Waals surface area contributed by atoms with Gasteiger partial charge >= 0.3 is 0 Å². The highest BCUT2D eigenvalue weighted by molar-refractivity contribution is 7.16. The van der Waals surface area contributed by atoms with Crippen LogP contribution in [0.3, 0.4) is 0 Å². The Hall–Kier alpha value is -2.05. The molecule has 138 valence electrons. The Labute approximate surface area is 157 Å². The molecule has 0 aliphatic carbocycles. The van der Waals surface area contributed by atoms with Crippen LogP contribution >= 0.6 is 11.3 Å². The van der Waals surface area contributed by atoms with Crippen LogP contribution in [0.1, 0.15) is 16.1 Å². The van der Waals surface area contributed by atoms with Gasteiger partial charge in [0.2, 0.25) is 0 Å². The molecule has 0 bridgehead atoms. The fourth-order valence-electron chi connectivity index (χ4n) is 3.10. The third kappa shape index (κ3) is 4.99. The number of thiazole rings is 1. The van der Waals surface area contributed by atoms with Gasteiger partial charge in [-0.15, -0.1) is 0 Å². The monoisotopic (exact) mass is 373 g/mol. The van der Waals surface area contributed by atoms with Gasteiger partial charge in [0.15, 0.2) is 5.13 Å². The molecule has 2 N–H and O–H groups in total. The molecule has 1 saturated heterocycles. The molecule has 0 spiro atoms. The maximum atomic E-state index is 9.18. The highest BCUT2D eigenvalue weighted by Crippen LogP contribution is 2.23. The average molecular weight is 373 g/mol. The van der Waals surface area contributed by atoms with Crippen LogP contribution in [0.5, 0.6) is 0 Å². The van der Waals surface area contributed by atoms with E-state index in [1.165, 1.54) is 16.9 Å². The topological polar surface area (TPSA) is 94.3 Å². The van der Waals surface area contributed by atoms with Crippen LogP contribution in [-0.2, 0) is 11.2 Å². The molecule has 1 atom stereocenters. The quantitative estimate of drug-likeness (QED) is 0.799. The van der Waals surface area contributed by atoms with E-state index in [0.29, 0.717) is 22.5 Å². The minimum atomic E-state index is 0.179. The first-order valence-corrected chi connectivity index (χ1v) is 9.50. The van der Waals surface area contributed by atoms with Crippen molar-refractivity contribution in [2.24, 2.45) is 5.92 Å². The second-order valence-electron chi connectivity index (χ2n) is 6.38. The fraction of sp³-hybridized carbons (Fsp3) is 0.500. The SMILES string of the molecule is Cc1nc(Nc2ncc(C#N)s2)ccc1CC1COCCN(CCO)C1. The highest BCUT2D eigenvalue weighted by Gasteiger charge is 2.19. The Balaban J connectivity index is 1.64. The molecule has 26 heavy (non-hydrogen) atoms. The van der Waals surface area contributed by atoms with E-state index in [2.05, 4.69) is 32.3 Å². The van der Waals surface area contributed by atoms with Crippen LogP contribution in [0.4, 0.5) is 10.9 Å². The molecule has 2 aromatic rings. The van der Waals surface area contributed by atoms with E-state index in [-0.39, 0.29) is 6.61 Å².